The molecule has 0 fully saturated rings. The summed E-state index contributed by atoms with van der Waals surface area (Å²) in [4.78, 5) is 0. The highest BCUT2D eigenvalue weighted by Crippen LogP contribution is 2.23. The van der Waals surface area contributed by atoms with E-state index in [-0.39, 0.29) is 5.88 Å². The van der Waals surface area contributed by atoms with E-state index in [0.717, 1.165) is 0 Å². The van der Waals surface area contributed by atoms with Crippen LogP contribution in [0.1, 0.15) is 0 Å². The van der Waals surface area contributed by atoms with Crippen molar-refractivity contribution in [2.45, 2.75) is 4.52 Å². The molecule has 0 aliphatic carbocycles. The third kappa shape index (κ3) is 5.57. The highest BCUT2D eigenvalue weighted by atomic mass is 35.5. The van der Waals surface area contributed by atoms with Crippen LogP contribution in [0.4, 0.5) is 0 Å². The van der Waals surface area contributed by atoms with E-state index in [2.05, 4.69) is 0 Å². The molecule has 0 radical (unpaired) electrons. The molecule has 0 aromatic carbocycles. The summed E-state index contributed by atoms with van der Waals surface area (Å²) >= 11 is 16.4. The molecule has 0 aliphatic heterocycles. The fraction of sp³-hybridized carbons (Fsp3) is 1.00. The zero-order valence-corrected chi connectivity index (χ0v) is 7.84. The molecule has 0 atom stereocenters. The van der Waals surface area contributed by atoms with Crippen LogP contribution in [-0.4, -0.2) is 30.7 Å². The van der Waals surface area contributed by atoms with Gasteiger partial charge in [0.15, 0.2) is 0 Å². The van der Waals surface area contributed by atoms with Gasteiger partial charge in [-0.3, -0.25) is 0 Å². The predicted molar refractivity (Wildman–Crippen MR) is 43.0 cm³/mol. The minimum Gasteiger partial charge on any atom is -0.382 e. The summed E-state index contributed by atoms with van der Waals surface area (Å²) in [5.74, 6) is 0.0415. The summed E-state index contributed by atoms with van der Waals surface area (Å²) in [7, 11) is 1.56. The standard InChI is InChI=1S/C5H9Cl3O2/c1-9-2-3-10-5(7,8)4-6/h2-4H2,1H3. The van der Waals surface area contributed by atoms with Crippen LogP contribution in [-0.2, 0) is 9.47 Å². The van der Waals surface area contributed by atoms with Crippen molar-refractivity contribution in [2.75, 3.05) is 26.2 Å². The molecule has 0 aromatic heterocycles. The Bertz CT molecular complexity index is 87.0. The first-order valence-corrected chi connectivity index (χ1v) is 3.98. The smallest absolute Gasteiger partial charge is 0.231 e. The quantitative estimate of drug-likeness (QED) is 0.507. The van der Waals surface area contributed by atoms with Crippen molar-refractivity contribution in [3.8, 4) is 0 Å². The summed E-state index contributed by atoms with van der Waals surface area (Å²) in [5, 5.41) is 0. The van der Waals surface area contributed by atoms with Gasteiger partial charge in [0.05, 0.1) is 19.1 Å². The molecule has 5 heteroatoms. The van der Waals surface area contributed by atoms with Crippen LogP contribution in [0.25, 0.3) is 0 Å². The molecule has 0 saturated heterocycles. The van der Waals surface area contributed by atoms with Gasteiger partial charge in [0.2, 0.25) is 4.52 Å². The SMILES string of the molecule is COCCOC(Cl)(Cl)CCl. The topological polar surface area (TPSA) is 18.5 Å². The number of hydrogen-bond acceptors (Lipinski definition) is 2. The minimum atomic E-state index is -1.28. The van der Waals surface area contributed by atoms with Crippen LogP contribution in [0.15, 0.2) is 0 Å². The van der Waals surface area contributed by atoms with Gasteiger partial charge < -0.3 is 9.47 Å². The number of halogens is 3. The van der Waals surface area contributed by atoms with Crippen molar-refractivity contribution >= 4 is 34.8 Å². The Morgan fingerprint density at radius 2 is 1.90 bits per heavy atom. The van der Waals surface area contributed by atoms with Crippen LogP contribution >= 0.6 is 34.8 Å². The molecule has 10 heavy (non-hydrogen) atoms. The van der Waals surface area contributed by atoms with Crippen molar-refractivity contribution in [3.05, 3.63) is 0 Å². The van der Waals surface area contributed by atoms with Gasteiger partial charge in [0.25, 0.3) is 0 Å². The Balaban J connectivity index is 3.28. The Hall–Kier alpha value is 0.790. The van der Waals surface area contributed by atoms with Crippen molar-refractivity contribution in [1.29, 1.82) is 0 Å². The zero-order chi connectivity index (χ0) is 8.04. The number of methoxy groups -OCH3 is 1. The van der Waals surface area contributed by atoms with Gasteiger partial charge in [-0.2, -0.15) is 0 Å². The molecule has 0 amide bonds. The Kier molecular flexibility index (Phi) is 5.87. The molecule has 0 bridgehead atoms. The highest BCUT2D eigenvalue weighted by Gasteiger charge is 2.22. The highest BCUT2D eigenvalue weighted by molar-refractivity contribution is 6.50. The second-order valence-corrected chi connectivity index (χ2v) is 3.29. The maximum absolute atomic E-state index is 5.51. The lowest BCUT2D eigenvalue weighted by Gasteiger charge is -2.16. The van der Waals surface area contributed by atoms with E-state index >= 15 is 0 Å². The van der Waals surface area contributed by atoms with Crippen molar-refractivity contribution < 1.29 is 9.47 Å². The van der Waals surface area contributed by atoms with E-state index in [9.17, 15) is 0 Å². The first-order valence-electron chi connectivity index (χ1n) is 2.69. The van der Waals surface area contributed by atoms with E-state index < -0.39 is 4.52 Å². The van der Waals surface area contributed by atoms with Crippen molar-refractivity contribution in [3.63, 3.8) is 0 Å². The monoisotopic (exact) mass is 206 g/mol. The third-order valence-electron chi connectivity index (χ3n) is 0.756. The maximum Gasteiger partial charge on any atom is 0.231 e. The lowest BCUT2D eigenvalue weighted by atomic mass is 10.7. The lowest BCUT2D eigenvalue weighted by molar-refractivity contribution is 0.0441. The first-order chi connectivity index (χ1) is 4.62. The van der Waals surface area contributed by atoms with Crippen LogP contribution in [0.2, 0.25) is 0 Å². The predicted octanol–water partition coefficient (Wildman–Crippen LogP) is 2.02. The Morgan fingerprint density at radius 3 is 2.30 bits per heavy atom. The summed E-state index contributed by atoms with van der Waals surface area (Å²) in [5.41, 5.74) is 0. The molecular weight excluding hydrogens is 198 g/mol. The Labute approximate surface area is 75.3 Å². The molecule has 0 heterocycles. The van der Waals surface area contributed by atoms with Gasteiger partial charge in [-0.15, -0.1) is 11.6 Å². The second-order valence-electron chi connectivity index (χ2n) is 1.61. The molecule has 0 aliphatic rings. The molecule has 0 unspecified atom stereocenters. The first kappa shape index (κ1) is 10.8. The van der Waals surface area contributed by atoms with E-state index in [4.69, 9.17) is 44.3 Å². The second kappa shape index (κ2) is 5.44. The molecule has 0 aromatic rings. The normalized spacial score (nSPS) is 12.0. The van der Waals surface area contributed by atoms with Gasteiger partial charge >= 0.3 is 0 Å². The molecule has 2 nitrogen and oxygen atoms in total. The summed E-state index contributed by atoms with van der Waals surface area (Å²) < 4.78 is 8.31. The molecule has 62 valence electrons. The van der Waals surface area contributed by atoms with Crippen LogP contribution in [0.5, 0.6) is 0 Å². The lowest BCUT2D eigenvalue weighted by Crippen LogP contribution is -2.22. The van der Waals surface area contributed by atoms with Crippen molar-refractivity contribution in [2.24, 2.45) is 0 Å². The van der Waals surface area contributed by atoms with Gasteiger partial charge in [0.1, 0.15) is 0 Å². The summed E-state index contributed by atoms with van der Waals surface area (Å²) in [6.07, 6.45) is 0. The average Bonchev–Trinajstić information content (AvgIpc) is 1.89. The maximum atomic E-state index is 5.51. The number of alkyl halides is 3. The van der Waals surface area contributed by atoms with Gasteiger partial charge in [-0.25, -0.2) is 0 Å². The van der Waals surface area contributed by atoms with Gasteiger partial charge in [0, 0.05) is 7.11 Å². The van der Waals surface area contributed by atoms with E-state index in [1.165, 1.54) is 0 Å². The number of hydrogen-bond donors (Lipinski definition) is 0. The number of rotatable bonds is 5. The average molecular weight is 207 g/mol. The third-order valence-corrected chi connectivity index (χ3v) is 1.89. The fourth-order valence-corrected chi connectivity index (χ4v) is 0.544. The molecule has 0 saturated carbocycles. The van der Waals surface area contributed by atoms with Gasteiger partial charge in [-0.05, 0) is 0 Å². The molecular formula is C5H9Cl3O2. The number of ether oxygens (including phenoxy) is 2. The summed E-state index contributed by atoms with van der Waals surface area (Å²) in [6, 6.07) is 0. The largest absolute Gasteiger partial charge is 0.382 e. The van der Waals surface area contributed by atoms with Crippen LogP contribution in [0.3, 0.4) is 0 Å². The fourth-order valence-electron chi connectivity index (χ4n) is 0.313. The van der Waals surface area contributed by atoms with Crippen LogP contribution < -0.4 is 0 Å². The Morgan fingerprint density at radius 1 is 1.30 bits per heavy atom. The zero-order valence-electron chi connectivity index (χ0n) is 5.57. The summed E-state index contributed by atoms with van der Waals surface area (Å²) in [6.45, 7) is 0.800. The molecule has 0 N–H and O–H groups in total. The van der Waals surface area contributed by atoms with Crippen LogP contribution in [0, 0.1) is 0 Å². The van der Waals surface area contributed by atoms with E-state index in [1.807, 2.05) is 0 Å². The molecule has 0 spiro atoms. The van der Waals surface area contributed by atoms with Crippen molar-refractivity contribution in [1.82, 2.24) is 0 Å². The van der Waals surface area contributed by atoms with E-state index in [0.29, 0.717) is 13.2 Å². The molecule has 0 rings (SSSR count). The van der Waals surface area contributed by atoms with Gasteiger partial charge in [-0.1, -0.05) is 23.2 Å². The minimum absolute atomic E-state index is 0.0415. The van der Waals surface area contributed by atoms with E-state index in [1.54, 1.807) is 7.11 Å².